The normalized spacial score (nSPS) is 10.6. The molecule has 1 aromatic heterocycles. The molecule has 0 unspecified atom stereocenters. The maximum Gasteiger partial charge on any atom is 0.331 e. The molecule has 0 N–H and O–H groups in total. The van der Waals surface area contributed by atoms with Crippen molar-refractivity contribution in [2.24, 2.45) is 7.05 Å². The van der Waals surface area contributed by atoms with E-state index in [-0.39, 0.29) is 11.2 Å². The third-order valence-corrected chi connectivity index (χ3v) is 3.01. The molecule has 18 heavy (non-hydrogen) atoms. The van der Waals surface area contributed by atoms with Crippen LogP contribution in [0.4, 0.5) is 0 Å². The van der Waals surface area contributed by atoms with Crippen molar-refractivity contribution in [1.29, 1.82) is 0 Å². The Morgan fingerprint density at radius 2 is 1.61 bits per heavy atom. The number of nitrogens with zero attached hydrogens (tertiary/aromatic N) is 2. The predicted octanol–water partition coefficient (Wildman–Crippen LogP) is 1.16. The number of rotatable bonds is 3. The summed E-state index contributed by atoms with van der Waals surface area (Å²) in [7, 11) is 1.64. The summed E-state index contributed by atoms with van der Waals surface area (Å²) in [4.78, 5) is 23.5. The van der Waals surface area contributed by atoms with E-state index in [0.717, 1.165) is 12.0 Å². The van der Waals surface area contributed by atoms with Crippen LogP contribution in [0, 0.1) is 0 Å². The van der Waals surface area contributed by atoms with Crippen molar-refractivity contribution in [1.82, 2.24) is 9.13 Å². The lowest BCUT2D eigenvalue weighted by Gasteiger charge is -2.07. The Bertz CT molecular complexity index is 651. The van der Waals surface area contributed by atoms with Gasteiger partial charge in [-0.05, 0) is 17.5 Å². The maximum absolute atomic E-state index is 11.8. The third kappa shape index (κ3) is 2.42. The van der Waals surface area contributed by atoms with E-state index in [1.165, 1.54) is 27.0 Å². The highest BCUT2D eigenvalue weighted by atomic mass is 16.2. The Labute approximate surface area is 105 Å². The molecule has 0 aliphatic heterocycles. The summed E-state index contributed by atoms with van der Waals surface area (Å²) in [6.45, 7) is 2.41. The van der Waals surface area contributed by atoms with Gasteiger partial charge in [-0.1, -0.05) is 31.2 Å². The van der Waals surface area contributed by atoms with Gasteiger partial charge in [0.25, 0.3) is 5.56 Å². The van der Waals surface area contributed by atoms with Crippen molar-refractivity contribution in [2.75, 3.05) is 0 Å². The van der Waals surface area contributed by atoms with Crippen molar-refractivity contribution in [2.45, 2.75) is 19.9 Å². The SMILES string of the molecule is CCc1ccc(Cn2c(=O)ccn(C)c2=O)cc1. The number of hydrogen-bond acceptors (Lipinski definition) is 2. The van der Waals surface area contributed by atoms with Gasteiger partial charge in [-0.15, -0.1) is 0 Å². The number of hydrogen-bond donors (Lipinski definition) is 0. The molecule has 4 nitrogen and oxygen atoms in total. The van der Waals surface area contributed by atoms with E-state index in [0.29, 0.717) is 6.54 Å². The molecule has 0 spiro atoms. The molecular formula is C14H16N2O2. The fourth-order valence-electron chi connectivity index (χ4n) is 1.82. The summed E-state index contributed by atoms with van der Waals surface area (Å²) in [5.74, 6) is 0. The predicted molar refractivity (Wildman–Crippen MR) is 70.9 cm³/mol. The van der Waals surface area contributed by atoms with Crippen molar-refractivity contribution in [3.63, 3.8) is 0 Å². The zero-order valence-corrected chi connectivity index (χ0v) is 10.6. The summed E-state index contributed by atoms with van der Waals surface area (Å²) in [5.41, 5.74) is 1.64. The molecule has 0 fully saturated rings. The smallest absolute Gasteiger partial charge is 0.303 e. The molecular weight excluding hydrogens is 228 g/mol. The molecule has 0 bridgehead atoms. The molecule has 94 valence electrons. The highest BCUT2D eigenvalue weighted by Crippen LogP contribution is 2.05. The van der Waals surface area contributed by atoms with E-state index in [2.05, 4.69) is 6.92 Å². The van der Waals surface area contributed by atoms with Crippen molar-refractivity contribution >= 4 is 0 Å². The Morgan fingerprint density at radius 3 is 2.22 bits per heavy atom. The molecule has 4 heteroatoms. The van der Waals surface area contributed by atoms with Gasteiger partial charge in [-0.3, -0.25) is 9.36 Å². The Morgan fingerprint density at radius 1 is 1.00 bits per heavy atom. The largest absolute Gasteiger partial charge is 0.331 e. The summed E-state index contributed by atoms with van der Waals surface area (Å²) in [5, 5.41) is 0. The van der Waals surface area contributed by atoms with Gasteiger partial charge in [-0.25, -0.2) is 4.79 Å². The summed E-state index contributed by atoms with van der Waals surface area (Å²) in [6.07, 6.45) is 2.47. The second kappa shape index (κ2) is 5.04. The highest BCUT2D eigenvalue weighted by molar-refractivity contribution is 5.22. The molecule has 0 aliphatic carbocycles. The number of benzene rings is 1. The zero-order chi connectivity index (χ0) is 13.1. The molecule has 1 heterocycles. The third-order valence-electron chi connectivity index (χ3n) is 3.01. The monoisotopic (exact) mass is 244 g/mol. The van der Waals surface area contributed by atoms with E-state index in [9.17, 15) is 9.59 Å². The molecule has 1 aromatic carbocycles. The molecule has 2 aromatic rings. The lowest BCUT2D eigenvalue weighted by atomic mass is 10.1. The van der Waals surface area contributed by atoms with Crippen LogP contribution in [0.2, 0.25) is 0 Å². The second-order valence-corrected chi connectivity index (χ2v) is 4.30. The van der Waals surface area contributed by atoms with Crippen LogP contribution in [0.5, 0.6) is 0 Å². The van der Waals surface area contributed by atoms with Gasteiger partial charge in [-0.2, -0.15) is 0 Å². The molecule has 0 atom stereocenters. The van der Waals surface area contributed by atoms with E-state index in [1.54, 1.807) is 7.05 Å². The van der Waals surface area contributed by atoms with Gasteiger partial charge < -0.3 is 4.57 Å². The second-order valence-electron chi connectivity index (χ2n) is 4.30. The standard InChI is InChI=1S/C14H16N2O2/c1-3-11-4-6-12(7-5-11)10-16-13(17)8-9-15(2)14(16)18/h4-9H,3,10H2,1-2H3. The summed E-state index contributed by atoms with van der Waals surface area (Å²) in [6, 6.07) is 9.36. The van der Waals surface area contributed by atoms with Crippen LogP contribution in [0.1, 0.15) is 18.1 Å². The quantitative estimate of drug-likeness (QED) is 0.813. The average Bonchev–Trinajstić information content (AvgIpc) is 2.40. The van der Waals surface area contributed by atoms with Gasteiger partial charge in [0.15, 0.2) is 0 Å². The van der Waals surface area contributed by atoms with Crippen molar-refractivity contribution in [3.05, 3.63) is 68.5 Å². The first-order valence-corrected chi connectivity index (χ1v) is 5.96. The highest BCUT2D eigenvalue weighted by Gasteiger charge is 2.03. The first-order valence-electron chi connectivity index (χ1n) is 5.96. The summed E-state index contributed by atoms with van der Waals surface area (Å²) >= 11 is 0. The maximum atomic E-state index is 11.8. The minimum Gasteiger partial charge on any atom is -0.303 e. The summed E-state index contributed by atoms with van der Waals surface area (Å²) < 4.78 is 2.64. The van der Waals surface area contributed by atoms with Crippen LogP contribution < -0.4 is 11.2 Å². The van der Waals surface area contributed by atoms with Crippen molar-refractivity contribution < 1.29 is 0 Å². The van der Waals surface area contributed by atoms with Gasteiger partial charge in [0.05, 0.1) is 6.54 Å². The molecule has 0 amide bonds. The lowest BCUT2D eigenvalue weighted by Crippen LogP contribution is -2.38. The number of aryl methyl sites for hydroxylation is 2. The van der Waals surface area contributed by atoms with Gasteiger partial charge in [0.2, 0.25) is 0 Å². The minimum absolute atomic E-state index is 0.266. The molecule has 0 radical (unpaired) electrons. The Kier molecular flexibility index (Phi) is 3.46. The van der Waals surface area contributed by atoms with E-state index >= 15 is 0 Å². The first-order chi connectivity index (χ1) is 8.61. The molecule has 0 aliphatic rings. The van der Waals surface area contributed by atoms with Crippen LogP contribution in [0.15, 0.2) is 46.1 Å². The van der Waals surface area contributed by atoms with Crippen molar-refractivity contribution in [3.8, 4) is 0 Å². The fraction of sp³-hybridized carbons (Fsp3) is 0.286. The Balaban J connectivity index is 2.37. The van der Waals surface area contributed by atoms with Gasteiger partial charge in [0.1, 0.15) is 0 Å². The van der Waals surface area contributed by atoms with Gasteiger partial charge >= 0.3 is 5.69 Å². The molecule has 0 saturated carbocycles. The van der Waals surface area contributed by atoms with Crippen LogP contribution in [0.25, 0.3) is 0 Å². The molecule has 2 rings (SSSR count). The van der Waals surface area contributed by atoms with E-state index in [1.807, 2.05) is 24.3 Å². The zero-order valence-electron chi connectivity index (χ0n) is 10.6. The fourth-order valence-corrected chi connectivity index (χ4v) is 1.82. The average molecular weight is 244 g/mol. The van der Waals surface area contributed by atoms with Crippen LogP contribution >= 0.6 is 0 Å². The number of aromatic nitrogens is 2. The Hall–Kier alpha value is -2.10. The van der Waals surface area contributed by atoms with Crippen LogP contribution in [-0.2, 0) is 20.0 Å². The molecule has 0 saturated heterocycles. The van der Waals surface area contributed by atoms with Crippen LogP contribution in [-0.4, -0.2) is 9.13 Å². The van der Waals surface area contributed by atoms with E-state index < -0.39 is 0 Å². The van der Waals surface area contributed by atoms with E-state index in [4.69, 9.17) is 0 Å². The van der Waals surface area contributed by atoms with Crippen LogP contribution in [0.3, 0.4) is 0 Å². The van der Waals surface area contributed by atoms with Gasteiger partial charge in [0, 0.05) is 19.3 Å². The minimum atomic E-state index is -0.290. The topological polar surface area (TPSA) is 44.0 Å². The first kappa shape index (κ1) is 12.4. The lowest BCUT2D eigenvalue weighted by molar-refractivity contribution is 0.639.